The van der Waals surface area contributed by atoms with Crippen molar-refractivity contribution in [1.29, 1.82) is 5.26 Å². The van der Waals surface area contributed by atoms with Crippen molar-refractivity contribution in [3.8, 4) is 6.07 Å². The zero-order chi connectivity index (χ0) is 18.2. The van der Waals surface area contributed by atoms with Crippen LogP contribution in [0.4, 0.5) is 5.69 Å². The van der Waals surface area contributed by atoms with Crippen LogP contribution in [0.5, 0.6) is 0 Å². The van der Waals surface area contributed by atoms with E-state index >= 15 is 0 Å². The Morgan fingerprint density at radius 2 is 2.04 bits per heavy atom. The largest absolute Gasteiger partial charge is 0.369 e. The Morgan fingerprint density at radius 1 is 1.22 bits per heavy atom. The average Bonchev–Trinajstić information content (AvgIpc) is 3.16. The van der Waals surface area contributed by atoms with Crippen molar-refractivity contribution in [1.82, 2.24) is 10.6 Å². The maximum absolute atomic E-state index is 9.02. The number of aliphatic imine (C=N–C) groups is 1. The zero-order valence-corrected chi connectivity index (χ0v) is 17.9. The molecule has 1 fully saturated rings. The van der Waals surface area contributed by atoms with Crippen LogP contribution in [0.25, 0.3) is 0 Å². The van der Waals surface area contributed by atoms with Crippen LogP contribution in [0.3, 0.4) is 0 Å². The number of benzene rings is 2. The van der Waals surface area contributed by atoms with E-state index in [-0.39, 0.29) is 24.0 Å². The topological polar surface area (TPSA) is 63.5 Å². The SMILES string of the molecule is CCNC(=NCc1cccc(C#N)c1)NC1CCN(c2ccccc2)C1.I. The van der Waals surface area contributed by atoms with Gasteiger partial charge >= 0.3 is 0 Å². The average molecular weight is 475 g/mol. The molecule has 1 atom stereocenters. The van der Waals surface area contributed by atoms with Gasteiger partial charge in [0.05, 0.1) is 18.2 Å². The third-order valence-corrected chi connectivity index (χ3v) is 4.47. The van der Waals surface area contributed by atoms with Gasteiger partial charge in [0.2, 0.25) is 0 Å². The van der Waals surface area contributed by atoms with Crippen molar-refractivity contribution < 1.29 is 0 Å². The summed E-state index contributed by atoms with van der Waals surface area (Å²) in [4.78, 5) is 7.09. The van der Waals surface area contributed by atoms with Crippen LogP contribution >= 0.6 is 24.0 Å². The molecule has 5 nitrogen and oxygen atoms in total. The second-order valence-electron chi connectivity index (χ2n) is 6.42. The molecule has 1 aliphatic heterocycles. The van der Waals surface area contributed by atoms with Gasteiger partial charge in [0.25, 0.3) is 0 Å². The van der Waals surface area contributed by atoms with Gasteiger partial charge in [0, 0.05) is 31.4 Å². The van der Waals surface area contributed by atoms with Crippen molar-refractivity contribution in [2.45, 2.75) is 25.9 Å². The Balaban J connectivity index is 0.00000261. The fourth-order valence-corrected chi connectivity index (χ4v) is 3.17. The number of hydrogen-bond donors (Lipinski definition) is 2. The molecule has 0 amide bonds. The van der Waals surface area contributed by atoms with Crippen LogP contribution in [0.1, 0.15) is 24.5 Å². The van der Waals surface area contributed by atoms with Crippen LogP contribution in [0, 0.1) is 11.3 Å². The molecule has 0 aromatic heterocycles. The van der Waals surface area contributed by atoms with Crippen molar-refractivity contribution in [2.24, 2.45) is 4.99 Å². The first-order valence-electron chi connectivity index (χ1n) is 9.12. The van der Waals surface area contributed by atoms with E-state index in [1.807, 2.05) is 30.3 Å². The minimum absolute atomic E-state index is 0. The van der Waals surface area contributed by atoms with Crippen molar-refractivity contribution in [3.05, 3.63) is 65.7 Å². The van der Waals surface area contributed by atoms with Gasteiger partial charge in [-0.3, -0.25) is 0 Å². The summed E-state index contributed by atoms with van der Waals surface area (Å²) in [5.41, 5.74) is 2.98. The van der Waals surface area contributed by atoms with E-state index in [9.17, 15) is 0 Å². The number of hydrogen-bond acceptors (Lipinski definition) is 3. The quantitative estimate of drug-likeness (QED) is 0.395. The third kappa shape index (κ3) is 6.14. The maximum atomic E-state index is 9.02. The molecule has 0 aliphatic carbocycles. The lowest BCUT2D eigenvalue weighted by Crippen LogP contribution is -2.44. The van der Waals surface area contributed by atoms with Gasteiger partial charge in [-0.25, -0.2) is 4.99 Å². The molecule has 1 aliphatic rings. The van der Waals surface area contributed by atoms with Gasteiger partial charge < -0.3 is 15.5 Å². The van der Waals surface area contributed by atoms with Crippen LogP contribution in [0.2, 0.25) is 0 Å². The summed E-state index contributed by atoms with van der Waals surface area (Å²) in [5, 5.41) is 15.9. The van der Waals surface area contributed by atoms with Crippen LogP contribution < -0.4 is 15.5 Å². The Labute approximate surface area is 178 Å². The summed E-state index contributed by atoms with van der Waals surface area (Å²) >= 11 is 0. The minimum atomic E-state index is 0. The number of para-hydroxylation sites is 1. The predicted molar refractivity (Wildman–Crippen MR) is 122 cm³/mol. The standard InChI is InChI=1S/C21H25N5.HI/c1-2-23-21(24-15-18-8-6-7-17(13-18)14-22)25-19-11-12-26(16-19)20-9-4-3-5-10-20;/h3-10,13,19H,2,11-12,15-16H2,1H3,(H2,23,24,25);1H. The molecule has 2 N–H and O–H groups in total. The molecular formula is C21H26IN5. The first-order valence-corrected chi connectivity index (χ1v) is 9.12. The summed E-state index contributed by atoms with van der Waals surface area (Å²) in [5.74, 6) is 0.828. The molecule has 6 heteroatoms. The van der Waals surface area contributed by atoms with Crippen LogP contribution in [-0.4, -0.2) is 31.6 Å². The molecule has 27 heavy (non-hydrogen) atoms. The monoisotopic (exact) mass is 475 g/mol. The van der Waals surface area contributed by atoms with E-state index in [1.54, 1.807) is 0 Å². The number of anilines is 1. The van der Waals surface area contributed by atoms with Gasteiger partial charge in [0.15, 0.2) is 5.96 Å². The van der Waals surface area contributed by atoms with Crippen molar-refractivity contribution >= 4 is 35.6 Å². The smallest absolute Gasteiger partial charge is 0.191 e. The van der Waals surface area contributed by atoms with Gasteiger partial charge in [0.1, 0.15) is 0 Å². The molecule has 142 valence electrons. The van der Waals surface area contributed by atoms with Gasteiger partial charge in [-0.05, 0) is 43.2 Å². The normalized spacial score (nSPS) is 16.4. The summed E-state index contributed by atoms with van der Waals surface area (Å²) in [6.07, 6.45) is 1.09. The molecule has 0 spiro atoms. The Hall–Kier alpha value is -2.27. The Kier molecular flexibility index (Phi) is 8.40. The predicted octanol–water partition coefficient (Wildman–Crippen LogP) is 3.51. The van der Waals surface area contributed by atoms with Gasteiger partial charge in [-0.2, -0.15) is 5.26 Å². The van der Waals surface area contributed by atoms with E-state index in [4.69, 9.17) is 5.26 Å². The van der Waals surface area contributed by atoms with E-state index in [1.165, 1.54) is 5.69 Å². The summed E-state index contributed by atoms with van der Waals surface area (Å²) in [6.45, 7) is 5.46. The van der Waals surface area contributed by atoms with Crippen molar-refractivity contribution in [3.63, 3.8) is 0 Å². The Morgan fingerprint density at radius 3 is 2.78 bits per heavy atom. The molecule has 3 rings (SSSR count). The van der Waals surface area contributed by atoms with E-state index in [0.29, 0.717) is 18.2 Å². The second-order valence-corrected chi connectivity index (χ2v) is 6.42. The fraction of sp³-hybridized carbons (Fsp3) is 0.333. The molecule has 1 unspecified atom stereocenters. The number of rotatable bonds is 5. The van der Waals surface area contributed by atoms with E-state index < -0.39 is 0 Å². The fourth-order valence-electron chi connectivity index (χ4n) is 3.17. The van der Waals surface area contributed by atoms with Crippen LogP contribution in [-0.2, 0) is 6.54 Å². The summed E-state index contributed by atoms with van der Waals surface area (Å²) < 4.78 is 0. The number of guanidine groups is 1. The lowest BCUT2D eigenvalue weighted by Gasteiger charge is -2.20. The molecule has 0 saturated carbocycles. The van der Waals surface area contributed by atoms with Crippen molar-refractivity contribution in [2.75, 3.05) is 24.5 Å². The number of nitrogens with one attached hydrogen (secondary N) is 2. The molecular weight excluding hydrogens is 449 g/mol. The maximum Gasteiger partial charge on any atom is 0.191 e. The number of nitrogens with zero attached hydrogens (tertiary/aromatic N) is 3. The Bertz CT molecular complexity index is 785. The second kappa shape index (κ2) is 10.8. The highest BCUT2D eigenvalue weighted by Crippen LogP contribution is 2.19. The minimum Gasteiger partial charge on any atom is -0.369 e. The summed E-state index contributed by atoms with van der Waals surface area (Å²) in [6, 6.07) is 20.7. The van der Waals surface area contributed by atoms with Gasteiger partial charge in [-0.15, -0.1) is 24.0 Å². The van der Waals surface area contributed by atoms with E-state index in [2.05, 4.69) is 57.8 Å². The molecule has 1 heterocycles. The van der Waals surface area contributed by atoms with E-state index in [0.717, 1.165) is 37.6 Å². The first kappa shape index (κ1) is 21.0. The van der Waals surface area contributed by atoms with Gasteiger partial charge in [-0.1, -0.05) is 30.3 Å². The molecule has 0 bridgehead atoms. The number of halogens is 1. The molecule has 2 aromatic carbocycles. The molecule has 0 radical (unpaired) electrons. The number of nitriles is 1. The first-order chi connectivity index (χ1) is 12.8. The lowest BCUT2D eigenvalue weighted by atomic mass is 10.1. The third-order valence-electron chi connectivity index (χ3n) is 4.47. The highest BCUT2D eigenvalue weighted by atomic mass is 127. The highest BCUT2D eigenvalue weighted by molar-refractivity contribution is 14.0. The summed E-state index contributed by atoms with van der Waals surface area (Å²) in [7, 11) is 0. The zero-order valence-electron chi connectivity index (χ0n) is 15.6. The highest BCUT2D eigenvalue weighted by Gasteiger charge is 2.23. The van der Waals surface area contributed by atoms with Crippen LogP contribution in [0.15, 0.2) is 59.6 Å². The molecule has 1 saturated heterocycles. The lowest BCUT2D eigenvalue weighted by molar-refractivity contribution is 0.649. The molecule has 2 aromatic rings.